The molecule has 0 aromatic carbocycles. The van der Waals surface area contributed by atoms with Crippen LogP contribution in [0.4, 0.5) is 13.6 Å². The number of hydrogen-bond donors (Lipinski definition) is 2. The Hall–Kier alpha value is -1.21. The molecule has 0 unspecified atom stereocenters. The minimum Gasteiger partial charge on any atom is -0.338 e. The highest BCUT2D eigenvalue weighted by molar-refractivity contribution is 7.09. The third kappa shape index (κ3) is 6.85. The van der Waals surface area contributed by atoms with Crippen molar-refractivity contribution < 1.29 is 18.3 Å². The Kier molecular flexibility index (Phi) is 6.49. The van der Waals surface area contributed by atoms with Gasteiger partial charge in [0.2, 0.25) is 0 Å². The molecular weight excluding hydrogens is 250 g/mol. The van der Waals surface area contributed by atoms with E-state index in [9.17, 15) is 13.6 Å². The van der Waals surface area contributed by atoms with Crippen molar-refractivity contribution in [1.82, 2.24) is 10.6 Å². The lowest BCUT2D eigenvalue weighted by Gasteiger charge is -2.06. The molecule has 2 N–H and O–H groups in total. The summed E-state index contributed by atoms with van der Waals surface area (Å²) in [4.78, 5) is 12.3. The summed E-state index contributed by atoms with van der Waals surface area (Å²) >= 11 is 1.55. The Labute approximate surface area is 102 Å². The first-order valence-electron chi connectivity index (χ1n) is 5.12. The molecule has 0 saturated heterocycles. The normalized spacial score (nSPS) is 10.5. The third-order valence-electron chi connectivity index (χ3n) is 1.85. The number of carbonyl (C=O) groups excluding carboxylic acids is 1. The molecule has 1 rings (SSSR count). The van der Waals surface area contributed by atoms with Gasteiger partial charge in [0, 0.05) is 11.4 Å². The molecule has 4 nitrogen and oxygen atoms in total. The summed E-state index contributed by atoms with van der Waals surface area (Å²) in [6, 6.07) is 3.51. The summed E-state index contributed by atoms with van der Waals surface area (Å²) in [6.45, 7) is -2.04. The van der Waals surface area contributed by atoms with Crippen LogP contribution in [0.1, 0.15) is 11.3 Å². The summed E-state index contributed by atoms with van der Waals surface area (Å²) in [5, 5.41) is 7.13. The highest BCUT2D eigenvalue weighted by atomic mass is 32.1. The van der Waals surface area contributed by atoms with Gasteiger partial charge in [0.25, 0.3) is 0 Å². The van der Waals surface area contributed by atoms with Crippen molar-refractivity contribution in [3.63, 3.8) is 0 Å². The number of alkyl halides is 2. The highest BCUT2D eigenvalue weighted by Crippen LogP contribution is 2.06. The Balaban J connectivity index is 1.98. The molecular formula is C10H14F2N2O2S. The molecule has 0 aliphatic heterocycles. The smallest absolute Gasteiger partial charge is 0.338 e. The van der Waals surface area contributed by atoms with Crippen molar-refractivity contribution in [2.75, 3.05) is 13.2 Å². The van der Waals surface area contributed by atoms with Crippen LogP contribution in [-0.4, -0.2) is 25.8 Å². The van der Waals surface area contributed by atoms with Crippen molar-refractivity contribution in [1.29, 1.82) is 0 Å². The lowest BCUT2D eigenvalue weighted by atomic mass is 10.4. The zero-order valence-corrected chi connectivity index (χ0v) is 9.93. The van der Waals surface area contributed by atoms with Crippen LogP contribution < -0.4 is 10.6 Å². The van der Waals surface area contributed by atoms with Crippen molar-refractivity contribution in [2.24, 2.45) is 0 Å². The second-order valence-electron chi connectivity index (χ2n) is 3.17. The molecule has 17 heavy (non-hydrogen) atoms. The van der Waals surface area contributed by atoms with Crippen molar-refractivity contribution in [3.05, 3.63) is 22.4 Å². The fourth-order valence-corrected chi connectivity index (χ4v) is 1.73. The lowest BCUT2D eigenvalue weighted by molar-refractivity contribution is -0.128. The molecule has 0 fully saturated rings. The van der Waals surface area contributed by atoms with Crippen LogP contribution in [0.5, 0.6) is 0 Å². The van der Waals surface area contributed by atoms with Crippen LogP contribution >= 0.6 is 11.3 Å². The van der Waals surface area contributed by atoms with Crippen molar-refractivity contribution in [3.8, 4) is 0 Å². The van der Waals surface area contributed by atoms with E-state index >= 15 is 0 Å². The van der Waals surface area contributed by atoms with Crippen LogP contribution in [-0.2, 0) is 11.3 Å². The number of amides is 2. The summed E-state index contributed by atoms with van der Waals surface area (Å²) in [7, 11) is 0. The number of hydrogen-bond acceptors (Lipinski definition) is 3. The maximum Gasteiger partial charge on any atom is 0.345 e. The highest BCUT2D eigenvalue weighted by Gasteiger charge is 2.02. The van der Waals surface area contributed by atoms with Crippen LogP contribution in [0.25, 0.3) is 0 Å². The van der Waals surface area contributed by atoms with Crippen molar-refractivity contribution in [2.45, 2.75) is 19.6 Å². The van der Waals surface area contributed by atoms with Gasteiger partial charge < -0.3 is 15.4 Å². The topological polar surface area (TPSA) is 50.4 Å². The van der Waals surface area contributed by atoms with E-state index in [0.717, 1.165) is 4.88 Å². The summed E-state index contributed by atoms with van der Waals surface area (Å²) in [5.41, 5.74) is 0. The van der Waals surface area contributed by atoms with E-state index in [0.29, 0.717) is 19.5 Å². The number of halogens is 2. The number of urea groups is 1. The monoisotopic (exact) mass is 264 g/mol. The zero-order valence-electron chi connectivity index (χ0n) is 9.12. The quantitative estimate of drug-likeness (QED) is 0.742. The molecule has 0 radical (unpaired) electrons. The third-order valence-corrected chi connectivity index (χ3v) is 2.73. The van der Waals surface area contributed by atoms with Gasteiger partial charge in [-0.1, -0.05) is 6.07 Å². The van der Waals surface area contributed by atoms with Gasteiger partial charge in [0.1, 0.15) is 0 Å². The van der Waals surface area contributed by atoms with E-state index in [1.807, 2.05) is 17.5 Å². The van der Waals surface area contributed by atoms with Gasteiger partial charge in [-0.25, -0.2) is 4.79 Å². The van der Waals surface area contributed by atoms with Crippen LogP contribution in [0.15, 0.2) is 17.5 Å². The van der Waals surface area contributed by atoms with Crippen LogP contribution in [0, 0.1) is 0 Å². The predicted molar refractivity (Wildman–Crippen MR) is 61.1 cm³/mol. The second-order valence-corrected chi connectivity index (χ2v) is 4.21. The Morgan fingerprint density at radius 3 is 2.94 bits per heavy atom. The first-order valence-corrected chi connectivity index (χ1v) is 6.00. The number of rotatable bonds is 7. The number of thiophene rings is 1. The molecule has 0 aliphatic rings. The summed E-state index contributed by atoms with van der Waals surface area (Å²) in [5.74, 6) is 0. The molecule has 1 aromatic rings. The molecule has 1 aromatic heterocycles. The molecule has 2 amide bonds. The molecule has 0 spiro atoms. The lowest BCUT2D eigenvalue weighted by Crippen LogP contribution is -2.35. The van der Waals surface area contributed by atoms with Gasteiger partial charge in [-0.3, -0.25) is 0 Å². The van der Waals surface area contributed by atoms with E-state index in [1.165, 1.54) is 0 Å². The van der Waals surface area contributed by atoms with Crippen LogP contribution in [0.3, 0.4) is 0 Å². The SMILES string of the molecule is O=C(NCCCOC(F)F)NCc1cccs1. The van der Waals surface area contributed by atoms with Gasteiger partial charge in [-0.05, 0) is 17.9 Å². The largest absolute Gasteiger partial charge is 0.345 e. The van der Waals surface area contributed by atoms with Gasteiger partial charge >= 0.3 is 12.6 Å². The number of carbonyl (C=O) groups is 1. The zero-order chi connectivity index (χ0) is 12.5. The van der Waals surface area contributed by atoms with E-state index < -0.39 is 6.61 Å². The Bertz CT molecular complexity index is 320. The summed E-state index contributed by atoms with van der Waals surface area (Å²) in [6.07, 6.45) is 0.358. The van der Waals surface area contributed by atoms with E-state index in [1.54, 1.807) is 11.3 Å². The van der Waals surface area contributed by atoms with Gasteiger partial charge in [-0.15, -0.1) is 11.3 Å². The molecule has 0 bridgehead atoms. The molecule has 96 valence electrons. The van der Waals surface area contributed by atoms with E-state index in [-0.39, 0.29) is 12.6 Å². The van der Waals surface area contributed by atoms with E-state index in [2.05, 4.69) is 15.4 Å². The Morgan fingerprint density at radius 1 is 1.47 bits per heavy atom. The molecule has 0 atom stereocenters. The molecule has 0 saturated carbocycles. The molecule has 7 heteroatoms. The maximum absolute atomic E-state index is 11.6. The van der Waals surface area contributed by atoms with Gasteiger partial charge in [-0.2, -0.15) is 8.78 Å². The second kappa shape index (κ2) is 7.97. The minimum atomic E-state index is -2.75. The fraction of sp³-hybridized carbons (Fsp3) is 0.500. The minimum absolute atomic E-state index is 0.0666. The average Bonchev–Trinajstić information content (AvgIpc) is 2.78. The van der Waals surface area contributed by atoms with Gasteiger partial charge in [0.15, 0.2) is 0 Å². The summed E-state index contributed by atoms with van der Waals surface area (Å²) < 4.78 is 27.2. The van der Waals surface area contributed by atoms with Crippen molar-refractivity contribution >= 4 is 17.4 Å². The Morgan fingerprint density at radius 2 is 2.29 bits per heavy atom. The maximum atomic E-state index is 11.6. The number of nitrogens with one attached hydrogen (secondary N) is 2. The number of ether oxygens (including phenoxy) is 1. The molecule has 0 aliphatic carbocycles. The predicted octanol–water partition coefficient (Wildman–Crippen LogP) is 2.18. The molecule has 1 heterocycles. The first-order chi connectivity index (χ1) is 8.18. The standard InChI is InChI=1S/C10H14F2N2O2S/c11-9(12)16-5-2-4-13-10(15)14-7-8-3-1-6-17-8/h1,3,6,9H,2,4-5,7H2,(H2,13,14,15). The average molecular weight is 264 g/mol. The van der Waals surface area contributed by atoms with Gasteiger partial charge in [0.05, 0.1) is 13.2 Å². The first kappa shape index (κ1) is 13.9. The van der Waals surface area contributed by atoms with Crippen LogP contribution in [0.2, 0.25) is 0 Å². The fourth-order valence-electron chi connectivity index (χ4n) is 1.09. The van der Waals surface area contributed by atoms with E-state index in [4.69, 9.17) is 0 Å².